The molecule has 4 nitrogen and oxygen atoms in total. The highest BCUT2D eigenvalue weighted by molar-refractivity contribution is 5.67. The first kappa shape index (κ1) is 33.4. The second kappa shape index (κ2) is 15.9. The number of hydrogen-bond acceptors (Lipinski definition) is 3. The van der Waals surface area contributed by atoms with Crippen molar-refractivity contribution in [1.82, 2.24) is 10.6 Å². The first-order valence-electron chi connectivity index (χ1n) is 16.6. The number of carbonyl (C=O) groups is 1. The van der Waals surface area contributed by atoms with Crippen LogP contribution in [0.3, 0.4) is 0 Å². The molecule has 2 aliphatic carbocycles. The van der Waals surface area contributed by atoms with E-state index in [4.69, 9.17) is 4.74 Å². The van der Waals surface area contributed by atoms with E-state index in [0.717, 1.165) is 49.6 Å². The minimum Gasteiger partial charge on any atom is -0.444 e. The van der Waals surface area contributed by atoms with Gasteiger partial charge in [-0.15, -0.1) is 0 Å². The molecular formula is C34H66N2O2. The zero-order valence-electron chi connectivity index (χ0n) is 26.9. The number of hydrogen-bond donors (Lipinski definition) is 2. The molecule has 0 radical (unpaired) electrons. The van der Waals surface area contributed by atoms with Crippen LogP contribution >= 0.6 is 0 Å². The molecule has 0 aromatic heterocycles. The SMILES string of the molecule is CCC[C@]1(C)C(CCCCNCCCCNC(=O)OC(C)(C)C)CCC1C(C)CCC1CCCCC1(C)C. The van der Waals surface area contributed by atoms with Crippen molar-refractivity contribution in [2.45, 2.75) is 157 Å². The van der Waals surface area contributed by atoms with E-state index < -0.39 is 5.60 Å². The third-order valence-electron chi connectivity index (χ3n) is 10.4. The van der Waals surface area contributed by atoms with Crippen LogP contribution in [-0.2, 0) is 4.74 Å². The summed E-state index contributed by atoms with van der Waals surface area (Å²) in [5.74, 6) is 3.66. The number of ether oxygens (including phenoxy) is 1. The van der Waals surface area contributed by atoms with Gasteiger partial charge in [0.15, 0.2) is 0 Å². The lowest BCUT2D eigenvalue weighted by Gasteiger charge is -2.42. The van der Waals surface area contributed by atoms with Gasteiger partial charge in [0.2, 0.25) is 0 Å². The highest BCUT2D eigenvalue weighted by atomic mass is 16.6. The zero-order valence-corrected chi connectivity index (χ0v) is 26.9. The van der Waals surface area contributed by atoms with E-state index in [2.05, 4.69) is 45.3 Å². The summed E-state index contributed by atoms with van der Waals surface area (Å²) < 4.78 is 5.28. The summed E-state index contributed by atoms with van der Waals surface area (Å²) in [5, 5.41) is 6.47. The molecule has 0 saturated heterocycles. The van der Waals surface area contributed by atoms with E-state index in [0.29, 0.717) is 17.4 Å². The highest BCUT2D eigenvalue weighted by Gasteiger charge is 2.47. The second-order valence-electron chi connectivity index (χ2n) is 15.0. The molecule has 2 N–H and O–H groups in total. The minimum atomic E-state index is -0.427. The summed E-state index contributed by atoms with van der Waals surface area (Å²) in [6.07, 6.45) is 20.2. The molecule has 0 aromatic carbocycles. The molecule has 2 aliphatic rings. The molecule has 5 atom stereocenters. The van der Waals surface area contributed by atoms with Gasteiger partial charge in [-0.2, -0.15) is 0 Å². The molecule has 0 spiro atoms. The van der Waals surface area contributed by atoms with Crippen molar-refractivity contribution in [3.05, 3.63) is 0 Å². The highest BCUT2D eigenvalue weighted by Crippen LogP contribution is 2.56. The largest absolute Gasteiger partial charge is 0.444 e. The van der Waals surface area contributed by atoms with Gasteiger partial charge in [0.25, 0.3) is 0 Å². The Kier molecular flexibility index (Phi) is 14.0. The predicted octanol–water partition coefficient (Wildman–Crippen LogP) is 9.52. The normalized spacial score (nSPS) is 28.3. The molecule has 0 aliphatic heterocycles. The molecule has 4 unspecified atom stereocenters. The maximum atomic E-state index is 11.7. The molecule has 38 heavy (non-hydrogen) atoms. The smallest absolute Gasteiger partial charge is 0.407 e. The van der Waals surface area contributed by atoms with Crippen LogP contribution in [0.1, 0.15) is 152 Å². The second-order valence-corrected chi connectivity index (χ2v) is 15.0. The van der Waals surface area contributed by atoms with E-state index in [1.54, 1.807) is 0 Å². The van der Waals surface area contributed by atoms with Crippen molar-refractivity contribution in [1.29, 1.82) is 0 Å². The Balaban J connectivity index is 1.64. The lowest BCUT2D eigenvalue weighted by atomic mass is 9.63. The third-order valence-corrected chi connectivity index (χ3v) is 10.4. The zero-order chi connectivity index (χ0) is 28.2. The van der Waals surface area contributed by atoms with Gasteiger partial charge < -0.3 is 15.4 Å². The summed E-state index contributed by atoms with van der Waals surface area (Å²) in [6, 6.07) is 0. The molecule has 224 valence electrons. The molecule has 2 saturated carbocycles. The Bertz CT molecular complexity index is 670. The maximum absolute atomic E-state index is 11.7. The number of nitrogens with one attached hydrogen (secondary N) is 2. The van der Waals surface area contributed by atoms with Gasteiger partial charge in [-0.3, -0.25) is 0 Å². The molecule has 2 fully saturated rings. The van der Waals surface area contributed by atoms with Crippen molar-refractivity contribution >= 4 is 6.09 Å². The van der Waals surface area contributed by atoms with Crippen LogP contribution in [0.15, 0.2) is 0 Å². The third kappa shape index (κ3) is 11.0. The van der Waals surface area contributed by atoms with Gasteiger partial charge >= 0.3 is 6.09 Å². The Morgan fingerprint density at radius 2 is 1.61 bits per heavy atom. The van der Waals surface area contributed by atoms with Crippen LogP contribution in [0.5, 0.6) is 0 Å². The summed E-state index contributed by atoms with van der Waals surface area (Å²) in [5.41, 5.74) is 0.683. The first-order valence-corrected chi connectivity index (χ1v) is 16.6. The van der Waals surface area contributed by atoms with E-state index in [-0.39, 0.29) is 6.09 Å². The molecule has 0 heterocycles. The fourth-order valence-electron chi connectivity index (χ4n) is 8.09. The number of amides is 1. The first-order chi connectivity index (χ1) is 17.9. The Morgan fingerprint density at radius 3 is 2.26 bits per heavy atom. The maximum Gasteiger partial charge on any atom is 0.407 e. The van der Waals surface area contributed by atoms with Crippen molar-refractivity contribution in [2.75, 3.05) is 19.6 Å². The fourth-order valence-corrected chi connectivity index (χ4v) is 8.09. The van der Waals surface area contributed by atoms with Crippen molar-refractivity contribution in [3.8, 4) is 0 Å². The molecule has 0 bridgehead atoms. The van der Waals surface area contributed by atoms with Gasteiger partial charge in [-0.1, -0.05) is 66.7 Å². The number of unbranched alkanes of at least 4 members (excludes halogenated alkanes) is 2. The van der Waals surface area contributed by atoms with E-state index >= 15 is 0 Å². The average Bonchev–Trinajstić information content (AvgIpc) is 3.13. The standard InChI is InChI=1S/C34H66N2O2/c1-9-22-34(8)29(17-11-13-24-35-25-14-15-26-36-31(37)38-32(3,4)5)20-21-30(34)27(2)18-19-28-16-10-12-23-33(28,6)7/h27-30,35H,9-26H2,1-8H3,(H,36,37)/t27?,28?,29?,30?,34-/m1/s1. The van der Waals surface area contributed by atoms with Gasteiger partial charge in [0.1, 0.15) is 5.60 Å². The van der Waals surface area contributed by atoms with Gasteiger partial charge in [-0.25, -0.2) is 4.79 Å². The molecule has 4 heteroatoms. The van der Waals surface area contributed by atoms with Gasteiger partial charge in [0.05, 0.1) is 0 Å². The molecular weight excluding hydrogens is 468 g/mol. The quantitative estimate of drug-likeness (QED) is 0.194. The molecule has 0 aromatic rings. The fraction of sp³-hybridized carbons (Fsp3) is 0.971. The lowest BCUT2D eigenvalue weighted by molar-refractivity contribution is 0.0527. The van der Waals surface area contributed by atoms with Crippen molar-refractivity contribution in [3.63, 3.8) is 0 Å². The Morgan fingerprint density at radius 1 is 0.921 bits per heavy atom. The van der Waals surface area contributed by atoms with Crippen molar-refractivity contribution in [2.24, 2.45) is 34.5 Å². The Hall–Kier alpha value is -0.770. The van der Waals surface area contributed by atoms with Crippen LogP contribution in [-0.4, -0.2) is 31.3 Å². The number of carbonyl (C=O) groups excluding carboxylic acids is 1. The summed E-state index contributed by atoms with van der Waals surface area (Å²) >= 11 is 0. The van der Waals surface area contributed by atoms with E-state index in [9.17, 15) is 4.79 Å². The average molecular weight is 535 g/mol. The van der Waals surface area contributed by atoms with E-state index in [1.807, 2.05) is 20.8 Å². The molecule has 1 amide bonds. The molecule has 2 rings (SSSR count). The van der Waals surface area contributed by atoms with Crippen LogP contribution in [0, 0.1) is 34.5 Å². The summed E-state index contributed by atoms with van der Waals surface area (Å²) in [6.45, 7) is 21.3. The van der Waals surface area contributed by atoms with Crippen molar-refractivity contribution < 1.29 is 9.53 Å². The lowest BCUT2D eigenvalue weighted by Crippen LogP contribution is -2.33. The van der Waals surface area contributed by atoms with Crippen LogP contribution in [0.25, 0.3) is 0 Å². The predicted molar refractivity (Wildman–Crippen MR) is 164 cm³/mol. The number of alkyl carbamates (subject to hydrolysis) is 1. The van der Waals surface area contributed by atoms with E-state index in [1.165, 1.54) is 83.5 Å². The Labute approximate surface area is 237 Å². The van der Waals surface area contributed by atoms with Gasteiger partial charge in [0, 0.05) is 6.54 Å². The van der Waals surface area contributed by atoms with Crippen LogP contribution < -0.4 is 10.6 Å². The van der Waals surface area contributed by atoms with Gasteiger partial charge in [-0.05, 0) is 133 Å². The monoisotopic (exact) mass is 535 g/mol. The summed E-state index contributed by atoms with van der Waals surface area (Å²) in [7, 11) is 0. The van der Waals surface area contributed by atoms with Crippen LogP contribution in [0.2, 0.25) is 0 Å². The summed E-state index contributed by atoms with van der Waals surface area (Å²) in [4.78, 5) is 11.7. The number of rotatable bonds is 16. The van der Waals surface area contributed by atoms with Crippen LogP contribution in [0.4, 0.5) is 4.79 Å². The topological polar surface area (TPSA) is 50.4 Å². The minimum absolute atomic E-state index is 0.308.